The van der Waals surface area contributed by atoms with Gasteiger partial charge in [-0.2, -0.15) is 0 Å². The van der Waals surface area contributed by atoms with Gasteiger partial charge in [0.25, 0.3) is 11.8 Å². The van der Waals surface area contributed by atoms with Crippen LogP contribution in [0.3, 0.4) is 0 Å². The maximum atomic E-state index is 13.9. The van der Waals surface area contributed by atoms with Crippen LogP contribution >= 0.6 is 0 Å². The van der Waals surface area contributed by atoms with E-state index in [0.717, 1.165) is 4.90 Å². The summed E-state index contributed by atoms with van der Waals surface area (Å²) in [4.78, 5) is 38.5. The lowest BCUT2D eigenvalue weighted by atomic mass is 10.1. The topological polar surface area (TPSA) is 75.7 Å². The zero-order chi connectivity index (χ0) is 19.7. The molecular weight excluding hydrogens is 351 g/mol. The molecule has 0 saturated carbocycles. The highest BCUT2D eigenvalue weighted by Gasteiger charge is 2.40. The summed E-state index contributed by atoms with van der Waals surface area (Å²) in [5.41, 5.74) is 1.11. The van der Waals surface area contributed by atoms with E-state index < -0.39 is 35.6 Å². The fourth-order valence-corrected chi connectivity index (χ4v) is 3.05. The number of carbonyl (C=O) groups excluding carboxylic acids is 3. The Morgan fingerprint density at radius 1 is 1.07 bits per heavy atom. The summed E-state index contributed by atoms with van der Waals surface area (Å²) in [6, 6.07) is 9.32. The first kappa shape index (κ1) is 18.6. The zero-order valence-corrected chi connectivity index (χ0v) is 15.2. The molecule has 1 aliphatic rings. The SMILES string of the molecule is COc1ccc([C@@H](C)NC(=O)[C@@H](C)N2C(=O)c3ccccc3C2=O)cc1F. The van der Waals surface area contributed by atoms with Crippen molar-refractivity contribution in [2.75, 3.05) is 7.11 Å². The molecule has 1 N–H and O–H groups in total. The van der Waals surface area contributed by atoms with E-state index in [9.17, 15) is 18.8 Å². The van der Waals surface area contributed by atoms with E-state index in [1.807, 2.05) is 0 Å². The van der Waals surface area contributed by atoms with Gasteiger partial charge in [-0.05, 0) is 43.7 Å². The molecule has 2 aromatic carbocycles. The summed E-state index contributed by atoms with van der Waals surface area (Å²) < 4.78 is 18.7. The zero-order valence-electron chi connectivity index (χ0n) is 15.2. The third kappa shape index (κ3) is 3.28. The molecule has 7 heteroatoms. The van der Waals surface area contributed by atoms with Gasteiger partial charge in [0.05, 0.1) is 24.3 Å². The predicted octanol–water partition coefficient (Wildman–Crippen LogP) is 2.70. The Labute approximate surface area is 155 Å². The molecule has 0 fully saturated rings. The number of benzene rings is 2. The van der Waals surface area contributed by atoms with E-state index in [2.05, 4.69) is 5.32 Å². The molecule has 27 heavy (non-hydrogen) atoms. The van der Waals surface area contributed by atoms with E-state index in [0.29, 0.717) is 5.56 Å². The van der Waals surface area contributed by atoms with E-state index in [1.54, 1.807) is 37.3 Å². The Hall–Kier alpha value is -3.22. The average molecular weight is 370 g/mol. The van der Waals surface area contributed by atoms with Gasteiger partial charge in [0.15, 0.2) is 11.6 Å². The number of methoxy groups -OCH3 is 1. The summed E-state index contributed by atoms with van der Waals surface area (Å²) in [5.74, 6) is -1.93. The average Bonchev–Trinajstić information content (AvgIpc) is 2.92. The van der Waals surface area contributed by atoms with Crippen LogP contribution < -0.4 is 10.1 Å². The second kappa shape index (κ2) is 7.19. The largest absolute Gasteiger partial charge is 0.494 e. The molecule has 1 aliphatic heterocycles. The highest BCUT2D eigenvalue weighted by atomic mass is 19.1. The number of ether oxygens (including phenoxy) is 1. The number of halogens is 1. The van der Waals surface area contributed by atoms with Crippen molar-refractivity contribution in [3.05, 3.63) is 65.0 Å². The minimum absolute atomic E-state index is 0.108. The monoisotopic (exact) mass is 370 g/mol. The number of nitrogens with one attached hydrogen (secondary N) is 1. The second-order valence-electron chi connectivity index (χ2n) is 6.33. The van der Waals surface area contributed by atoms with Gasteiger partial charge in [0.2, 0.25) is 5.91 Å². The van der Waals surface area contributed by atoms with Crippen LogP contribution in [0.5, 0.6) is 5.75 Å². The molecule has 0 bridgehead atoms. The van der Waals surface area contributed by atoms with Crippen LogP contribution in [0.25, 0.3) is 0 Å². The molecular formula is C20H19FN2O4. The molecule has 3 rings (SSSR count). The first-order valence-corrected chi connectivity index (χ1v) is 8.46. The van der Waals surface area contributed by atoms with E-state index >= 15 is 0 Å². The molecule has 3 amide bonds. The van der Waals surface area contributed by atoms with E-state index in [1.165, 1.54) is 26.2 Å². The second-order valence-corrected chi connectivity index (χ2v) is 6.33. The van der Waals surface area contributed by atoms with Crippen molar-refractivity contribution in [1.29, 1.82) is 0 Å². The summed E-state index contributed by atoms with van der Waals surface area (Å²) in [5, 5.41) is 2.71. The van der Waals surface area contributed by atoms with Crippen molar-refractivity contribution in [2.24, 2.45) is 0 Å². The Kier molecular flexibility index (Phi) is 4.94. The normalized spacial score (nSPS) is 15.3. The number of fused-ring (bicyclic) bond motifs is 1. The van der Waals surface area contributed by atoms with Crippen molar-refractivity contribution in [3.8, 4) is 5.75 Å². The van der Waals surface area contributed by atoms with Gasteiger partial charge >= 0.3 is 0 Å². The lowest BCUT2D eigenvalue weighted by Crippen LogP contribution is -2.48. The number of carbonyl (C=O) groups is 3. The lowest BCUT2D eigenvalue weighted by molar-refractivity contribution is -0.125. The fraction of sp³-hybridized carbons (Fsp3) is 0.250. The third-order valence-corrected chi connectivity index (χ3v) is 4.63. The summed E-state index contributed by atoms with van der Waals surface area (Å²) >= 11 is 0. The Bertz CT molecular complexity index is 893. The minimum atomic E-state index is -0.997. The number of rotatable bonds is 5. The van der Waals surface area contributed by atoms with Gasteiger partial charge in [-0.1, -0.05) is 18.2 Å². The van der Waals surface area contributed by atoms with Gasteiger partial charge in [-0.3, -0.25) is 19.3 Å². The minimum Gasteiger partial charge on any atom is -0.494 e. The molecule has 0 unspecified atom stereocenters. The van der Waals surface area contributed by atoms with Crippen LogP contribution in [0, 0.1) is 5.82 Å². The van der Waals surface area contributed by atoms with Gasteiger partial charge in [0.1, 0.15) is 6.04 Å². The van der Waals surface area contributed by atoms with Crippen LogP contribution in [0.1, 0.15) is 46.2 Å². The van der Waals surface area contributed by atoms with Crippen LogP contribution in [0.15, 0.2) is 42.5 Å². The van der Waals surface area contributed by atoms with Crippen molar-refractivity contribution in [1.82, 2.24) is 10.2 Å². The van der Waals surface area contributed by atoms with Crippen molar-refractivity contribution < 1.29 is 23.5 Å². The number of imide groups is 1. The Morgan fingerprint density at radius 2 is 1.67 bits per heavy atom. The molecule has 140 valence electrons. The van der Waals surface area contributed by atoms with Gasteiger partial charge in [-0.25, -0.2) is 4.39 Å². The Morgan fingerprint density at radius 3 is 2.19 bits per heavy atom. The number of nitrogens with zero attached hydrogens (tertiary/aromatic N) is 1. The quantitative estimate of drug-likeness (QED) is 0.821. The fourth-order valence-electron chi connectivity index (χ4n) is 3.05. The van der Waals surface area contributed by atoms with E-state index in [-0.39, 0.29) is 16.9 Å². The number of hydrogen-bond donors (Lipinski definition) is 1. The van der Waals surface area contributed by atoms with Crippen LogP contribution in [-0.2, 0) is 4.79 Å². The number of amides is 3. The van der Waals surface area contributed by atoms with Crippen molar-refractivity contribution in [2.45, 2.75) is 25.9 Å². The van der Waals surface area contributed by atoms with Gasteiger partial charge < -0.3 is 10.1 Å². The molecule has 2 aromatic rings. The van der Waals surface area contributed by atoms with E-state index in [4.69, 9.17) is 4.74 Å². The van der Waals surface area contributed by atoms with Crippen LogP contribution in [-0.4, -0.2) is 35.8 Å². The van der Waals surface area contributed by atoms with Crippen LogP contribution in [0.4, 0.5) is 4.39 Å². The Balaban J connectivity index is 1.74. The molecule has 0 saturated heterocycles. The van der Waals surface area contributed by atoms with Crippen molar-refractivity contribution >= 4 is 17.7 Å². The van der Waals surface area contributed by atoms with Gasteiger partial charge in [-0.15, -0.1) is 0 Å². The molecule has 6 nitrogen and oxygen atoms in total. The molecule has 0 radical (unpaired) electrons. The highest BCUT2D eigenvalue weighted by Crippen LogP contribution is 2.25. The molecule has 0 spiro atoms. The maximum Gasteiger partial charge on any atom is 0.262 e. The molecule has 2 atom stereocenters. The van der Waals surface area contributed by atoms with Crippen LogP contribution in [0.2, 0.25) is 0 Å². The lowest BCUT2D eigenvalue weighted by Gasteiger charge is -2.24. The molecule has 0 aliphatic carbocycles. The predicted molar refractivity (Wildman–Crippen MR) is 95.9 cm³/mol. The summed E-state index contributed by atoms with van der Waals surface area (Å²) in [7, 11) is 1.37. The summed E-state index contributed by atoms with van der Waals surface area (Å²) in [6.07, 6.45) is 0. The standard InChI is InChI=1S/C20H19FN2O4/c1-11(13-8-9-17(27-3)16(21)10-13)22-18(24)12(2)23-19(25)14-6-4-5-7-15(14)20(23)26/h4-12H,1-3H3,(H,22,24)/t11-,12-/m1/s1. The highest BCUT2D eigenvalue weighted by molar-refractivity contribution is 6.22. The summed E-state index contributed by atoms with van der Waals surface area (Å²) in [6.45, 7) is 3.17. The number of hydrogen-bond acceptors (Lipinski definition) is 4. The first-order valence-electron chi connectivity index (χ1n) is 8.46. The maximum absolute atomic E-state index is 13.9. The molecule has 1 heterocycles. The first-order chi connectivity index (χ1) is 12.8. The van der Waals surface area contributed by atoms with Gasteiger partial charge in [0, 0.05) is 0 Å². The smallest absolute Gasteiger partial charge is 0.262 e. The molecule has 0 aromatic heterocycles. The van der Waals surface area contributed by atoms with Crippen molar-refractivity contribution in [3.63, 3.8) is 0 Å². The third-order valence-electron chi connectivity index (χ3n) is 4.63.